The Kier molecular flexibility index (Phi) is 7.49. The van der Waals surface area contributed by atoms with Crippen molar-refractivity contribution < 1.29 is 14.3 Å². The van der Waals surface area contributed by atoms with Gasteiger partial charge in [-0.3, -0.25) is 24.2 Å². The molecule has 0 saturated carbocycles. The van der Waals surface area contributed by atoms with Gasteiger partial charge in [0.05, 0.1) is 43.1 Å². The highest BCUT2D eigenvalue weighted by Crippen LogP contribution is 2.31. The molecule has 1 saturated heterocycles. The van der Waals surface area contributed by atoms with Crippen molar-refractivity contribution in [3.05, 3.63) is 60.7 Å². The molecule has 1 fully saturated rings. The number of carbonyl (C=O) groups excluding carboxylic acids is 2. The van der Waals surface area contributed by atoms with Crippen LogP contribution >= 0.6 is 0 Å². The van der Waals surface area contributed by atoms with E-state index in [-0.39, 0.29) is 17.4 Å². The molecule has 3 heterocycles. The number of amides is 2. The molecule has 2 N–H and O–H groups in total. The van der Waals surface area contributed by atoms with E-state index in [1.807, 2.05) is 31.4 Å². The molecule has 2 aromatic heterocycles. The Morgan fingerprint density at radius 1 is 1.19 bits per heavy atom. The number of pyridine rings is 1. The highest BCUT2D eigenvalue weighted by Gasteiger charge is 2.22. The van der Waals surface area contributed by atoms with Crippen molar-refractivity contribution in [1.29, 1.82) is 0 Å². The average molecular weight is 489 g/mol. The molecule has 0 spiro atoms. The normalized spacial score (nSPS) is 15.5. The van der Waals surface area contributed by atoms with Gasteiger partial charge in [0.25, 0.3) is 5.91 Å². The van der Waals surface area contributed by atoms with Gasteiger partial charge in [-0.2, -0.15) is 5.10 Å². The quantitative estimate of drug-likeness (QED) is 0.467. The van der Waals surface area contributed by atoms with Crippen LogP contribution in [0.25, 0.3) is 16.7 Å². The van der Waals surface area contributed by atoms with Crippen LogP contribution in [0.4, 0.5) is 11.4 Å². The molecule has 1 aromatic carbocycles. The smallest absolute Gasteiger partial charge is 0.255 e. The molecule has 1 atom stereocenters. The van der Waals surface area contributed by atoms with Crippen LogP contribution in [0, 0.1) is 6.92 Å². The van der Waals surface area contributed by atoms with E-state index in [1.165, 1.54) is 0 Å². The van der Waals surface area contributed by atoms with Gasteiger partial charge in [0, 0.05) is 36.0 Å². The first-order valence-corrected chi connectivity index (χ1v) is 11.9. The molecule has 9 heteroatoms. The van der Waals surface area contributed by atoms with E-state index in [0.29, 0.717) is 41.0 Å². The van der Waals surface area contributed by atoms with Crippen molar-refractivity contribution in [3.8, 4) is 16.9 Å². The number of hydrogen-bond acceptors (Lipinski definition) is 6. The summed E-state index contributed by atoms with van der Waals surface area (Å²) in [6, 6.07) is 7.68. The number of benzene rings is 1. The maximum absolute atomic E-state index is 13.1. The molecule has 1 unspecified atom stereocenters. The first kappa shape index (κ1) is 25.1. The zero-order chi connectivity index (χ0) is 25.8. The first-order chi connectivity index (χ1) is 17.2. The molecule has 36 heavy (non-hydrogen) atoms. The number of nitrogens with zero attached hydrogens (tertiary/aromatic N) is 4. The largest absolute Gasteiger partial charge is 0.496 e. The average Bonchev–Trinajstić information content (AvgIpc) is 3.48. The number of likely N-dealkylation sites (tertiary alicyclic amines) is 1. The Labute approximate surface area is 211 Å². The molecule has 4 rings (SSSR count). The highest BCUT2D eigenvalue weighted by atomic mass is 16.5. The van der Waals surface area contributed by atoms with Gasteiger partial charge < -0.3 is 15.4 Å². The van der Waals surface area contributed by atoms with Gasteiger partial charge in [-0.15, -0.1) is 0 Å². The van der Waals surface area contributed by atoms with Crippen molar-refractivity contribution in [2.24, 2.45) is 7.05 Å². The summed E-state index contributed by atoms with van der Waals surface area (Å²) in [5, 5.41) is 9.96. The zero-order valence-corrected chi connectivity index (χ0v) is 21.2. The van der Waals surface area contributed by atoms with Gasteiger partial charge in [0.15, 0.2) is 0 Å². The second-order valence-corrected chi connectivity index (χ2v) is 9.12. The maximum atomic E-state index is 13.1. The van der Waals surface area contributed by atoms with Crippen LogP contribution in [0.15, 0.2) is 49.4 Å². The van der Waals surface area contributed by atoms with Crippen molar-refractivity contribution in [2.45, 2.75) is 32.7 Å². The van der Waals surface area contributed by atoms with Crippen LogP contribution in [0.1, 0.15) is 31.0 Å². The molecule has 9 nitrogen and oxygen atoms in total. The topological polar surface area (TPSA) is 101 Å². The number of anilines is 2. The fourth-order valence-electron chi connectivity index (χ4n) is 4.35. The third-order valence-electron chi connectivity index (χ3n) is 6.50. The number of hydrogen-bond donors (Lipinski definition) is 2. The fourth-order valence-corrected chi connectivity index (χ4v) is 4.35. The predicted molar refractivity (Wildman–Crippen MR) is 141 cm³/mol. The highest BCUT2D eigenvalue weighted by molar-refractivity contribution is 6.25. The second kappa shape index (κ2) is 10.7. The minimum atomic E-state index is -0.387. The minimum Gasteiger partial charge on any atom is -0.496 e. The van der Waals surface area contributed by atoms with Crippen molar-refractivity contribution in [3.63, 3.8) is 0 Å². The molecular formula is C27H32N6O3. The summed E-state index contributed by atoms with van der Waals surface area (Å²) in [6.45, 7) is 9.19. The summed E-state index contributed by atoms with van der Waals surface area (Å²) in [7, 11) is 3.41. The van der Waals surface area contributed by atoms with E-state index >= 15 is 0 Å². The molecule has 0 bridgehead atoms. The van der Waals surface area contributed by atoms with Gasteiger partial charge in [-0.25, -0.2) is 0 Å². The number of ether oxygens (including phenoxy) is 1. The van der Waals surface area contributed by atoms with Crippen LogP contribution in [-0.4, -0.2) is 57.7 Å². The number of rotatable bonds is 8. The van der Waals surface area contributed by atoms with Gasteiger partial charge >= 0.3 is 0 Å². The summed E-state index contributed by atoms with van der Waals surface area (Å²) in [5.74, 6) is 0.0414. The van der Waals surface area contributed by atoms with Crippen LogP contribution in [-0.2, 0) is 16.6 Å². The van der Waals surface area contributed by atoms with E-state index in [2.05, 4.69) is 39.1 Å². The lowest BCUT2D eigenvalue weighted by Crippen LogP contribution is -2.35. The summed E-state index contributed by atoms with van der Waals surface area (Å²) < 4.78 is 7.28. The minimum absolute atomic E-state index is 0.102. The number of aromatic nitrogens is 3. The molecule has 188 valence electrons. The van der Waals surface area contributed by atoms with Gasteiger partial charge in [-0.05, 0) is 57.0 Å². The lowest BCUT2D eigenvalue weighted by molar-refractivity contribution is -0.117. The third kappa shape index (κ3) is 5.63. The maximum Gasteiger partial charge on any atom is 0.255 e. The van der Waals surface area contributed by atoms with Gasteiger partial charge in [0.1, 0.15) is 5.75 Å². The molecule has 0 aliphatic carbocycles. The molecule has 2 amide bonds. The van der Waals surface area contributed by atoms with E-state index in [1.54, 1.807) is 37.2 Å². The summed E-state index contributed by atoms with van der Waals surface area (Å²) >= 11 is 0. The lowest BCUT2D eigenvalue weighted by atomic mass is 10.0. The van der Waals surface area contributed by atoms with E-state index < -0.39 is 0 Å². The number of aryl methyl sites for hydroxylation is 2. The van der Waals surface area contributed by atoms with Crippen molar-refractivity contribution in [2.75, 3.05) is 30.8 Å². The van der Waals surface area contributed by atoms with E-state index in [9.17, 15) is 9.59 Å². The summed E-state index contributed by atoms with van der Waals surface area (Å²) in [5.41, 5.74) is 4.34. The summed E-state index contributed by atoms with van der Waals surface area (Å²) in [6.07, 6.45) is 7.48. The van der Waals surface area contributed by atoms with Crippen molar-refractivity contribution >= 4 is 28.8 Å². The van der Waals surface area contributed by atoms with Gasteiger partial charge in [-0.1, -0.05) is 12.6 Å². The Balaban J connectivity index is 1.46. The lowest BCUT2D eigenvalue weighted by Gasteiger charge is -2.20. The van der Waals surface area contributed by atoms with Crippen LogP contribution < -0.4 is 15.4 Å². The Hall–Kier alpha value is -3.98. The Morgan fingerprint density at radius 2 is 2.00 bits per heavy atom. The van der Waals surface area contributed by atoms with Crippen molar-refractivity contribution in [1.82, 2.24) is 19.7 Å². The Bertz CT molecular complexity index is 1300. The SMILES string of the molecule is C=C(C(=O)Nc1cc(NC(=O)CN2CCCC2C)cnc1C)c1ccc(-c2cnn(C)c2)cc1OC. The fraction of sp³-hybridized carbons (Fsp3) is 0.333. The van der Waals surface area contributed by atoms with Crippen LogP contribution in [0.5, 0.6) is 5.75 Å². The third-order valence-corrected chi connectivity index (χ3v) is 6.50. The second-order valence-electron chi connectivity index (χ2n) is 9.12. The molecule has 3 aromatic rings. The monoisotopic (exact) mass is 488 g/mol. The molecule has 0 radical (unpaired) electrons. The standard InChI is InChI=1S/C27H32N6O3/c1-17-7-6-10-33(17)16-26(34)30-22-12-24(19(3)28-14-22)31-27(35)18(2)23-9-8-20(11-25(23)36-5)21-13-29-32(4)15-21/h8-9,11-15,17H,2,6-7,10,16H2,1,3-5H3,(H,30,34)(H,31,35). The van der Waals surface area contributed by atoms with E-state index in [0.717, 1.165) is 30.5 Å². The number of carbonyl (C=O) groups is 2. The van der Waals surface area contributed by atoms with Gasteiger partial charge in [0.2, 0.25) is 5.91 Å². The molecular weight excluding hydrogens is 456 g/mol. The van der Waals surface area contributed by atoms with Crippen LogP contribution in [0.2, 0.25) is 0 Å². The first-order valence-electron chi connectivity index (χ1n) is 11.9. The molecule has 1 aliphatic rings. The van der Waals surface area contributed by atoms with E-state index in [4.69, 9.17) is 4.74 Å². The zero-order valence-electron chi connectivity index (χ0n) is 21.2. The predicted octanol–water partition coefficient (Wildman–Crippen LogP) is 3.87. The summed E-state index contributed by atoms with van der Waals surface area (Å²) in [4.78, 5) is 32.1. The number of nitrogens with one attached hydrogen (secondary N) is 2. The Morgan fingerprint density at radius 3 is 2.67 bits per heavy atom. The van der Waals surface area contributed by atoms with Crippen LogP contribution in [0.3, 0.4) is 0 Å². The number of methoxy groups -OCH3 is 1. The molecule has 1 aliphatic heterocycles.